The fraction of sp³-hybridized carbons (Fsp3) is 0.250. The molecular formula is C8H8ClIN2O. The third-order valence-corrected chi connectivity index (χ3v) is 3.09. The van der Waals surface area contributed by atoms with Crippen molar-refractivity contribution in [3.8, 4) is 0 Å². The maximum absolute atomic E-state index is 11.5. The van der Waals surface area contributed by atoms with Gasteiger partial charge in [0.2, 0.25) is 0 Å². The van der Waals surface area contributed by atoms with Crippen molar-refractivity contribution in [2.45, 2.75) is 13.0 Å². The number of aryl methyl sites for hydroxylation is 1. The van der Waals surface area contributed by atoms with Crippen LogP contribution in [0.3, 0.4) is 0 Å². The summed E-state index contributed by atoms with van der Waals surface area (Å²) in [6, 6.07) is 0. The average molecular weight is 311 g/mol. The molecule has 1 rings (SSSR count). The van der Waals surface area contributed by atoms with Crippen LogP contribution in [0.5, 0.6) is 0 Å². The Morgan fingerprint density at radius 2 is 2.46 bits per heavy atom. The predicted octanol–water partition coefficient (Wildman–Crippen LogP) is 2.08. The van der Waals surface area contributed by atoms with Gasteiger partial charge in [0.1, 0.15) is 8.72 Å². The van der Waals surface area contributed by atoms with Crippen molar-refractivity contribution in [1.82, 2.24) is 9.55 Å². The Balaban J connectivity index is 3.04. The second kappa shape index (κ2) is 4.76. The molecule has 0 amide bonds. The zero-order valence-corrected chi connectivity index (χ0v) is 9.75. The molecule has 3 nitrogen and oxygen atoms in total. The predicted molar refractivity (Wildman–Crippen MR) is 61.0 cm³/mol. The van der Waals surface area contributed by atoms with E-state index in [9.17, 15) is 4.79 Å². The maximum atomic E-state index is 11.5. The molecule has 0 aromatic carbocycles. The minimum atomic E-state index is -0.0950. The van der Waals surface area contributed by atoms with Gasteiger partial charge in [-0.15, -0.1) is 6.58 Å². The third kappa shape index (κ3) is 2.54. The highest BCUT2D eigenvalue weighted by Gasteiger charge is 2.05. The lowest BCUT2D eigenvalue weighted by Gasteiger charge is -2.03. The van der Waals surface area contributed by atoms with E-state index in [1.54, 1.807) is 6.08 Å². The van der Waals surface area contributed by atoms with Crippen molar-refractivity contribution in [2.75, 3.05) is 0 Å². The Hall–Kier alpha value is -0.360. The summed E-state index contributed by atoms with van der Waals surface area (Å²) in [5, 5.41) is 0.264. The number of halogens is 2. The van der Waals surface area contributed by atoms with Gasteiger partial charge in [0.25, 0.3) is 5.56 Å². The molecule has 0 spiro atoms. The first-order chi connectivity index (χ1) is 6.16. The van der Waals surface area contributed by atoms with E-state index in [2.05, 4.69) is 11.6 Å². The van der Waals surface area contributed by atoms with Gasteiger partial charge in [0.15, 0.2) is 0 Å². The highest BCUT2D eigenvalue weighted by Crippen LogP contribution is 2.09. The smallest absolute Gasteiger partial charge is 0.268 e. The molecule has 1 heterocycles. The Morgan fingerprint density at radius 3 is 3.08 bits per heavy atom. The molecule has 0 aliphatic heterocycles. The van der Waals surface area contributed by atoms with E-state index in [4.69, 9.17) is 11.6 Å². The van der Waals surface area contributed by atoms with Gasteiger partial charge in [-0.25, -0.2) is 4.98 Å². The molecule has 13 heavy (non-hydrogen) atoms. The fourth-order valence-corrected chi connectivity index (χ4v) is 1.41. The summed E-state index contributed by atoms with van der Waals surface area (Å²) in [6.45, 7) is 4.18. The number of rotatable bonds is 3. The summed E-state index contributed by atoms with van der Waals surface area (Å²) in [6.07, 6.45) is 3.96. The van der Waals surface area contributed by atoms with Crippen LogP contribution in [0.15, 0.2) is 23.8 Å². The van der Waals surface area contributed by atoms with Gasteiger partial charge in [0.05, 0.1) is 6.33 Å². The summed E-state index contributed by atoms with van der Waals surface area (Å²) in [5.74, 6) is 0. The maximum Gasteiger partial charge on any atom is 0.268 e. The van der Waals surface area contributed by atoms with Gasteiger partial charge in [0, 0.05) is 6.54 Å². The molecule has 0 atom stereocenters. The van der Waals surface area contributed by atoms with Crippen LogP contribution in [-0.2, 0) is 6.54 Å². The normalized spacial score (nSPS) is 10.0. The van der Waals surface area contributed by atoms with Gasteiger partial charge in [-0.3, -0.25) is 9.36 Å². The molecule has 0 saturated heterocycles. The summed E-state index contributed by atoms with van der Waals surface area (Å²) in [4.78, 5) is 15.4. The summed E-state index contributed by atoms with van der Waals surface area (Å²) in [5.41, 5.74) is -0.0950. The second-order valence-electron chi connectivity index (χ2n) is 2.43. The largest absolute Gasteiger partial charge is 0.298 e. The minimum Gasteiger partial charge on any atom is -0.298 e. The SMILES string of the molecule is C=CCCn1cnc(Cl)c(I)c1=O. The van der Waals surface area contributed by atoms with Crippen molar-refractivity contribution in [2.24, 2.45) is 0 Å². The second-order valence-corrected chi connectivity index (χ2v) is 3.86. The molecule has 0 N–H and O–H groups in total. The molecule has 5 heteroatoms. The monoisotopic (exact) mass is 310 g/mol. The Kier molecular flexibility index (Phi) is 3.92. The third-order valence-electron chi connectivity index (χ3n) is 1.51. The lowest BCUT2D eigenvalue weighted by Crippen LogP contribution is -2.23. The topological polar surface area (TPSA) is 34.9 Å². The number of allylic oxidation sites excluding steroid dienone is 1. The van der Waals surface area contributed by atoms with E-state index in [-0.39, 0.29) is 10.7 Å². The first-order valence-corrected chi connectivity index (χ1v) is 5.14. The molecule has 1 aromatic heterocycles. The molecule has 70 valence electrons. The average Bonchev–Trinajstić information content (AvgIpc) is 2.13. The molecule has 0 unspecified atom stereocenters. The summed E-state index contributed by atoms with van der Waals surface area (Å²) < 4.78 is 1.99. The Bertz CT molecular complexity index is 375. The minimum absolute atomic E-state index is 0.0950. The molecule has 0 aliphatic rings. The van der Waals surface area contributed by atoms with Crippen LogP contribution in [0.4, 0.5) is 0 Å². The highest BCUT2D eigenvalue weighted by molar-refractivity contribution is 14.1. The van der Waals surface area contributed by atoms with Gasteiger partial charge in [-0.1, -0.05) is 17.7 Å². The number of aromatic nitrogens is 2. The molecule has 0 bridgehead atoms. The van der Waals surface area contributed by atoms with Crippen molar-refractivity contribution in [3.05, 3.63) is 38.1 Å². The molecule has 0 fully saturated rings. The first-order valence-electron chi connectivity index (χ1n) is 3.68. The van der Waals surface area contributed by atoms with Crippen molar-refractivity contribution in [3.63, 3.8) is 0 Å². The van der Waals surface area contributed by atoms with Crippen LogP contribution in [0, 0.1) is 3.57 Å². The van der Waals surface area contributed by atoms with Crippen LogP contribution < -0.4 is 5.56 Å². The van der Waals surface area contributed by atoms with Crippen LogP contribution in [0.2, 0.25) is 5.15 Å². The van der Waals surface area contributed by atoms with Crippen LogP contribution in [-0.4, -0.2) is 9.55 Å². The molecule has 0 saturated carbocycles. The van der Waals surface area contributed by atoms with Gasteiger partial charge >= 0.3 is 0 Å². The fourth-order valence-electron chi connectivity index (χ4n) is 0.833. The standard InChI is InChI=1S/C8H8ClIN2O/c1-2-3-4-12-5-11-7(9)6(10)8(12)13/h2,5H,1,3-4H2. The van der Waals surface area contributed by atoms with E-state index in [1.165, 1.54) is 10.9 Å². The Labute approximate surface area is 94.6 Å². The number of hydrogen-bond acceptors (Lipinski definition) is 2. The lowest BCUT2D eigenvalue weighted by atomic mass is 10.4. The van der Waals surface area contributed by atoms with Crippen LogP contribution in [0.1, 0.15) is 6.42 Å². The summed E-state index contributed by atoms with van der Waals surface area (Å²) in [7, 11) is 0. The van der Waals surface area contributed by atoms with Crippen LogP contribution in [0.25, 0.3) is 0 Å². The molecule has 0 aliphatic carbocycles. The van der Waals surface area contributed by atoms with E-state index in [0.717, 1.165) is 6.42 Å². The molecule has 0 radical (unpaired) electrons. The van der Waals surface area contributed by atoms with E-state index < -0.39 is 0 Å². The first kappa shape index (κ1) is 10.7. The zero-order valence-electron chi connectivity index (χ0n) is 6.83. The zero-order chi connectivity index (χ0) is 9.84. The molecular weight excluding hydrogens is 302 g/mol. The Morgan fingerprint density at radius 1 is 1.77 bits per heavy atom. The summed E-state index contributed by atoms with van der Waals surface area (Å²) >= 11 is 7.56. The van der Waals surface area contributed by atoms with Gasteiger partial charge < -0.3 is 0 Å². The van der Waals surface area contributed by atoms with E-state index in [0.29, 0.717) is 10.1 Å². The van der Waals surface area contributed by atoms with Gasteiger partial charge in [-0.2, -0.15) is 0 Å². The van der Waals surface area contributed by atoms with Crippen molar-refractivity contribution < 1.29 is 0 Å². The van der Waals surface area contributed by atoms with E-state index >= 15 is 0 Å². The highest BCUT2D eigenvalue weighted by atomic mass is 127. The number of hydrogen-bond donors (Lipinski definition) is 0. The van der Waals surface area contributed by atoms with Gasteiger partial charge in [-0.05, 0) is 29.0 Å². The van der Waals surface area contributed by atoms with Crippen LogP contribution >= 0.6 is 34.2 Å². The van der Waals surface area contributed by atoms with Crippen molar-refractivity contribution >= 4 is 34.2 Å². The molecule has 1 aromatic rings. The van der Waals surface area contributed by atoms with Crippen molar-refractivity contribution in [1.29, 1.82) is 0 Å². The van der Waals surface area contributed by atoms with E-state index in [1.807, 2.05) is 22.6 Å². The lowest BCUT2D eigenvalue weighted by molar-refractivity contribution is 0.661. The quantitative estimate of drug-likeness (QED) is 0.487. The number of nitrogens with zero attached hydrogens (tertiary/aromatic N) is 2.